The first-order valence-corrected chi connectivity index (χ1v) is 9.92. The Kier molecular flexibility index (Phi) is 4.40. The molecule has 0 spiro atoms. The minimum Gasteiger partial charge on any atom is -0.338 e. The number of hydrogen-bond acceptors (Lipinski definition) is 2. The van der Waals surface area contributed by atoms with E-state index in [1.165, 1.54) is 11.6 Å². The van der Waals surface area contributed by atoms with Gasteiger partial charge in [0.25, 0.3) is 0 Å². The van der Waals surface area contributed by atoms with E-state index in [0.29, 0.717) is 10.8 Å². The molecule has 0 unspecified atom stereocenters. The molecule has 0 aliphatic rings. The van der Waals surface area contributed by atoms with Crippen molar-refractivity contribution in [3.63, 3.8) is 0 Å². The summed E-state index contributed by atoms with van der Waals surface area (Å²) in [6.45, 7) is 2.07. The fraction of sp³-hybridized carbons (Fsp3) is 0.0833. The van der Waals surface area contributed by atoms with Gasteiger partial charge in [-0.3, -0.25) is 0 Å². The molecule has 0 amide bonds. The fourth-order valence-corrected chi connectivity index (χ4v) is 3.94. The van der Waals surface area contributed by atoms with Gasteiger partial charge in [-0.25, -0.2) is 14.4 Å². The van der Waals surface area contributed by atoms with E-state index in [1.807, 2.05) is 31.3 Å². The lowest BCUT2D eigenvalue weighted by Gasteiger charge is -2.05. The van der Waals surface area contributed by atoms with Gasteiger partial charge < -0.3 is 9.55 Å². The van der Waals surface area contributed by atoms with Crippen molar-refractivity contribution in [2.45, 2.75) is 6.92 Å². The number of halogens is 2. The highest BCUT2D eigenvalue weighted by atomic mass is 35.5. The van der Waals surface area contributed by atoms with Gasteiger partial charge in [-0.2, -0.15) is 0 Å². The van der Waals surface area contributed by atoms with Crippen LogP contribution < -0.4 is 0 Å². The van der Waals surface area contributed by atoms with Gasteiger partial charge in [0.05, 0.1) is 33.5 Å². The molecule has 5 rings (SSSR count). The van der Waals surface area contributed by atoms with Gasteiger partial charge in [0.2, 0.25) is 0 Å². The van der Waals surface area contributed by atoms with Gasteiger partial charge >= 0.3 is 0 Å². The van der Waals surface area contributed by atoms with E-state index < -0.39 is 5.82 Å². The highest BCUT2D eigenvalue weighted by Crippen LogP contribution is 2.31. The van der Waals surface area contributed by atoms with Crippen molar-refractivity contribution in [1.29, 1.82) is 0 Å². The fourth-order valence-electron chi connectivity index (χ4n) is 3.69. The number of hydrogen-bond donors (Lipinski definition) is 1. The van der Waals surface area contributed by atoms with Crippen LogP contribution >= 0.6 is 11.6 Å². The summed E-state index contributed by atoms with van der Waals surface area (Å²) in [4.78, 5) is 12.3. The standard InChI is InChI=1S/C24H18ClFN4/c1-14-6-11-21-19(12-14)29-24(30(21)2)16-9-7-15(8-10-16)20-13-27-23(28-20)22-17(25)4-3-5-18(22)26/h3-13H,1-2H3,(H,27,28). The maximum atomic E-state index is 14.2. The van der Waals surface area contributed by atoms with E-state index >= 15 is 0 Å². The van der Waals surface area contributed by atoms with Gasteiger partial charge in [-0.05, 0) is 42.3 Å². The van der Waals surface area contributed by atoms with E-state index in [-0.39, 0.29) is 5.56 Å². The minimum absolute atomic E-state index is 0.275. The van der Waals surface area contributed by atoms with Crippen LogP contribution in [0, 0.1) is 12.7 Å². The number of benzene rings is 3. The first kappa shape index (κ1) is 18.6. The summed E-state index contributed by atoms with van der Waals surface area (Å²) in [6.07, 6.45) is 1.69. The second-order valence-electron chi connectivity index (χ2n) is 7.31. The van der Waals surface area contributed by atoms with E-state index in [0.717, 1.165) is 33.7 Å². The number of H-pyrrole nitrogens is 1. The molecule has 0 aliphatic carbocycles. The Morgan fingerprint density at radius 1 is 1.00 bits per heavy atom. The van der Waals surface area contributed by atoms with Crippen LogP contribution in [0.1, 0.15) is 5.56 Å². The number of rotatable bonds is 3. The maximum absolute atomic E-state index is 14.2. The van der Waals surface area contributed by atoms with Crippen LogP contribution in [0.4, 0.5) is 4.39 Å². The Hall–Kier alpha value is -3.44. The van der Waals surface area contributed by atoms with Gasteiger partial charge in [-0.15, -0.1) is 0 Å². The second-order valence-corrected chi connectivity index (χ2v) is 7.71. The molecule has 2 heterocycles. The summed E-state index contributed by atoms with van der Waals surface area (Å²) in [5.41, 5.74) is 6.30. The average molecular weight is 417 g/mol. The third kappa shape index (κ3) is 3.08. The van der Waals surface area contributed by atoms with Crippen molar-refractivity contribution >= 4 is 22.6 Å². The Balaban J connectivity index is 1.49. The van der Waals surface area contributed by atoms with Gasteiger partial charge in [0.15, 0.2) is 0 Å². The number of aryl methyl sites for hydroxylation is 2. The first-order valence-electron chi connectivity index (χ1n) is 9.54. The molecule has 0 aliphatic heterocycles. The highest BCUT2D eigenvalue weighted by Gasteiger charge is 2.14. The molecule has 0 saturated heterocycles. The SMILES string of the molecule is Cc1ccc2c(c1)nc(-c1ccc(-c3cnc(-c4c(F)cccc4Cl)[nH]3)cc1)n2C. The molecule has 148 valence electrons. The summed E-state index contributed by atoms with van der Waals surface area (Å²) in [7, 11) is 2.02. The normalized spacial score (nSPS) is 11.3. The summed E-state index contributed by atoms with van der Waals surface area (Å²) >= 11 is 6.16. The molecule has 4 nitrogen and oxygen atoms in total. The first-order chi connectivity index (χ1) is 14.5. The number of aromatic amines is 1. The Bertz CT molecular complexity index is 1360. The van der Waals surface area contributed by atoms with Crippen molar-refractivity contribution in [1.82, 2.24) is 19.5 Å². The predicted octanol–water partition coefficient (Wildman–Crippen LogP) is 6.40. The number of nitrogens with one attached hydrogen (secondary N) is 1. The number of nitrogens with zero attached hydrogens (tertiary/aromatic N) is 3. The number of imidazole rings is 2. The molecule has 5 aromatic rings. The molecule has 0 radical (unpaired) electrons. The zero-order valence-electron chi connectivity index (χ0n) is 16.4. The summed E-state index contributed by atoms with van der Waals surface area (Å²) in [6, 6.07) is 18.9. The lowest BCUT2D eigenvalue weighted by atomic mass is 10.1. The number of aromatic nitrogens is 4. The van der Waals surface area contributed by atoms with Crippen molar-refractivity contribution < 1.29 is 4.39 Å². The van der Waals surface area contributed by atoms with Crippen molar-refractivity contribution in [2.75, 3.05) is 0 Å². The predicted molar refractivity (Wildman–Crippen MR) is 119 cm³/mol. The molecule has 0 saturated carbocycles. The minimum atomic E-state index is -0.407. The van der Waals surface area contributed by atoms with Crippen LogP contribution in [-0.2, 0) is 7.05 Å². The third-order valence-electron chi connectivity index (χ3n) is 5.27. The summed E-state index contributed by atoms with van der Waals surface area (Å²) in [5, 5.41) is 0.323. The van der Waals surface area contributed by atoms with E-state index in [9.17, 15) is 4.39 Å². The van der Waals surface area contributed by atoms with Crippen LogP contribution in [-0.4, -0.2) is 19.5 Å². The molecule has 2 aromatic heterocycles. The molecule has 3 aromatic carbocycles. The lowest BCUT2D eigenvalue weighted by molar-refractivity contribution is 0.630. The monoisotopic (exact) mass is 416 g/mol. The Labute approximate surface area is 178 Å². The Morgan fingerprint density at radius 2 is 1.77 bits per heavy atom. The smallest absolute Gasteiger partial charge is 0.142 e. The zero-order chi connectivity index (χ0) is 20.8. The molecule has 0 atom stereocenters. The second kappa shape index (κ2) is 7.11. The molecular weight excluding hydrogens is 399 g/mol. The molecule has 6 heteroatoms. The molecule has 30 heavy (non-hydrogen) atoms. The molecule has 0 bridgehead atoms. The largest absolute Gasteiger partial charge is 0.338 e. The van der Waals surface area contributed by atoms with E-state index in [2.05, 4.69) is 39.7 Å². The van der Waals surface area contributed by atoms with Crippen molar-refractivity contribution in [2.24, 2.45) is 7.05 Å². The van der Waals surface area contributed by atoms with Crippen LogP contribution in [0.2, 0.25) is 5.02 Å². The van der Waals surface area contributed by atoms with Crippen LogP contribution in [0.5, 0.6) is 0 Å². The van der Waals surface area contributed by atoms with E-state index in [4.69, 9.17) is 16.6 Å². The highest BCUT2D eigenvalue weighted by molar-refractivity contribution is 6.33. The van der Waals surface area contributed by atoms with Crippen LogP contribution in [0.15, 0.2) is 66.9 Å². The number of fused-ring (bicyclic) bond motifs is 1. The summed E-state index contributed by atoms with van der Waals surface area (Å²) < 4.78 is 16.3. The van der Waals surface area contributed by atoms with Crippen LogP contribution in [0.3, 0.4) is 0 Å². The maximum Gasteiger partial charge on any atom is 0.142 e. The molecule has 0 fully saturated rings. The quantitative estimate of drug-likeness (QED) is 0.370. The zero-order valence-corrected chi connectivity index (χ0v) is 17.2. The topological polar surface area (TPSA) is 46.5 Å². The summed E-state index contributed by atoms with van der Waals surface area (Å²) in [5.74, 6) is 0.907. The average Bonchev–Trinajstić information content (AvgIpc) is 3.33. The Morgan fingerprint density at radius 3 is 2.53 bits per heavy atom. The lowest BCUT2D eigenvalue weighted by Crippen LogP contribution is -1.92. The van der Waals surface area contributed by atoms with Gasteiger partial charge in [-0.1, -0.05) is 48.0 Å². The van der Waals surface area contributed by atoms with E-state index in [1.54, 1.807) is 18.3 Å². The van der Waals surface area contributed by atoms with Crippen LogP contribution in [0.25, 0.3) is 45.1 Å². The third-order valence-corrected chi connectivity index (χ3v) is 5.58. The molecule has 1 N–H and O–H groups in total. The van der Waals surface area contributed by atoms with Gasteiger partial charge in [0.1, 0.15) is 17.5 Å². The van der Waals surface area contributed by atoms with Gasteiger partial charge in [0, 0.05) is 12.6 Å². The van der Waals surface area contributed by atoms with Crippen molar-refractivity contribution in [3.8, 4) is 34.0 Å². The van der Waals surface area contributed by atoms with Crippen molar-refractivity contribution in [3.05, 3.63) is 83.3 Å². The molecular formula is C24H18ClFN4.